The molecule has 0 aliphatic carbocycles. The van der Waals surface area contributed by atoms with Gasteiger partial charge in [-0.3, -0.25) is 9.48 Å². The maximum atomic E-state index is 12.9. The predicted molar refractivity (Wildman–Crippen MR) is 110 cm³/mol. The molecule has 3 aromatic heterocycles. The Hall–Kier alpha value is -3.49. The number of aromatic nitrogens is 5. The molecule has 1 aliphatic heterocycles. The monoisotopic (exact) mass is 392 g/mol. The van der Waals surface area contributed by atoms with Crippen LogP contribution in [0.4, 0.5) is 17.5 Å². The number of hydrogen-bond donors (Lipinski definition) is 1. The van der Waals surface area contributed by atoms with E-state index >= 15 is 0 Å². The lowest BCUT2D eigenvalue weighted by Crippen LogP contribution is -2.49. The van der Waals surface area contributed by atoms with E-state index < -0.39 is 0 Å². The molecule has 0 radical (unpaired) electrons. The summed E-state index contributed by atoms with van der Waals surface area (Å²) < 4.78 is 1.76. The third kappa shape index (κ3) is 3.89. The van der Waals surface area contributed by atoms with Crippen LogP contribution in [0.15, 0.2) is 36.5 Å². The summed E-state index contributed by atoms with van der Waals surface area (Å²) in [6, 6.07) is 9.47. The molecular formula is C20H24N8O. The van der Waals surface area contributed by atoms with Crippen LogP contribution in [0.2, 0.25) is 0 Å². The number of piperazine rings is 1. The van der Waals surface area contributed by atoms with Crippen molar-refractivity contribution >= 4 is 23.4 Å². The Morgan fingerprint density at radius 2 is 1.79 bits per heavy atom. The Labute approximate surface area is 169 Å². The quantitative estimate of drug-likeness (QED) is 0.725. The zero-order valence-electron chi connectivity index (χ0n) is 16.8. The maximum absolute atomic E-state index is 12.9. The summed E-state index contributed by atoms with van der Waals surface area (Å²) in [5.41, 5.74) is 2.39. The van der Waals surface area contributed by atoms with Crippen LogP contribution in [0.1, 0.15) is 21.7 Å². The SMILES string of the molecule is Cc1nn(C)c(C)c1C(=O)N1CCN(c2ccc(Nc3ccccn3)nn2)CC1. The summed E-state index contributed by atoms with van der Waals surface area (Å²) in [7, 11) is 1.86. The van der Waals surface area contributed by atoms with Crippen LogP contribution in [0.5, 0.6) is 0 Å². The molecule has 150 valence electrons. The second-order valence-electron chi connectivity index (χ2n) is 7.07. The average Bonchev–Trinajstić information content (AvgIpc) is 3.00. The van der Waals surface area contributed by atoms with Crippen LogP contribution in [0, 0.1) is 13.8 Å². The minimum absolute atomic E-state index is 0.0498. The van der Waals surface area contributed by atoms with Crippen LogP contribution in [0.3, 0.4) is 0 Å². The first-order valence-electron chi connectivity index (χ1n) is 9.59. The van der Waals surface area contributed by atoms with Gasteiger partial charge in [-0.1, -0.05) is 6.07 Å². The molecule has 29 heavy (non-hydrogen) atoms. The Kier molecular flexibility index (Phi) is 5.11. The number of nitrogens with zero attached hydrogens (tertiary/aromatic N) is 7. The normalized spacial score (nSPS) is 14.2. The molecule has 3 aromatic rings. The molecule has 0 unspecified atom stereocenters. The van der Waals surface area contributed by atoms with Crippen LogP contribution in [-0.4, -0.2) is 61.9 Å². The van der Waals surface area contributed by atoms with Crippen LogP contribution >= 0.6 is 0 Å². The molecule has 0 spiro atoms. The zero-order valence-corrected chi connectivity index (χ0v) is 16.8. The van der Waals surface area contributed by atoms with Gasteiger partial charge in [0, 0.05) is 45.1 Å². The molecule has 4 rings (SSSR count). The zero-order chi connectivity index (χ0) is 20.4. The molecule has 0 saturated carbocycles. The molecule has 1 N–H and O–H groups in total. The maximum Gasteiger partial charge on any atom is 0.257 e. The van der Waals surface area contributed by atoms with E-state index in [4.69, 9.17) is 0 Å². The van der Waals surface area contributed by atoms with Crippen molar-refractivity contribution in [2.45, 2.75) is 13.8 Å². The van der Waals surface area contributed by atoms with Gasteiger partial charge in [0.05, 0.1) is 11.3 Å². The highest BCUT2D eigenvalue weighted by Gasteiger charge is 2.27. The molecule has 1 saturated heterocycles. The number of carbonyl (C=O) groups is 1. The third-order valence-corrected chi connectivity index (χ3v) is 5.19. The molecule has 4 heterocycles. The minimum atomic E-state index is 0.0498. The molecule has 9 nitrogen and oxygen atoms in total. The standard InChI is InChI=1S/C20H24N8O/c1-14-19(15(2)26(3)25-14)20(29)28-12-10-27(11-13-28)18-8-7-17(23-24-18)22-16-6-4-5-9-21-16/h4-9H,10-13H2,1-3H3,(H,21,22,23). The van der Waals surface area contributed by atoms with Crippen LogP contribution in [-0.2, 0) is 7.05 Å². The summed E-state index contributed by atoms with van der Waals surface area (Å²) in [5, 5.41) is 16.0. The lowest BCUT2D eigenvalue weighted by Gasteiger charge is -2.35. The van der Waals surface area contributed by atoms with Gasteiger partial charge in [0.25, 0.3) is 5.91 Å². The van der Waals surface area contributed by atoms with Crippen molar-refractivity contribution in [2.24, 2.45) is 7.05 Å². The lowest BCUT2D eigenvalue weighted by atomic mass is 10.1. The van der Waals surface area contributed by atoms with Crippen molar-refractivity contribution in [3.05, 3.63) is 53.5 Å². The van der Waals surface area contributed by atoms with Crippen molar-refractivity contribution in [3.63, 3.8) is 0 Å². The summed E-state index contributed by atoms with van der Waals surface area (Å²) >= 11 is 0. The van der Waals surface area contributed by atoms with Crippen molar-refractivity contribution in [3.8, 4) is 0 Å². The highest BCUT2D eigenvalue weighted by molar-refractivity contribution is 5.96. The van der Waals surface area contributed by atoms with Crippen LogP contribution < -0.4 is 10.2 Å². The highest BCUT2D eigenvalue weighted by atomic mass is 16.2. The first-order chi connectivity index (χ1) is 14.0. The molecule has 0 bridgehead atoms. The Morgan fingerprint density at radius 1 is 1.00 bits per heavy atom. The number of carbonyl (C=O) groups excluding carboxylic acids is 1. The number of amides is 1. The molecule has 9 heteroatoms. The fraction of sp³-hybridized carbons (Fsp3) is 0.350. The van der Waals surface area contributed by atoms with Crippen molar-refractivity contribution < 1.29 is 4.79 Å². The van der Waals surface area contributed by atoms with Gasteiger partial charge < -0.3 is 15.1 Å². The lowest BCUT2D eigenvalue weighted by molar-refractivity contribution is 0.0745. The van der Waals surface area contributed by atoms with Gasteiger partial charge in [-0.2, -0.15) is 5.10 Å². The molecule has 1 amide bonds. The summed E-state index contributed by atoms with van der Waals surface area (Å²) in [6.45, 7) is 6.52. The number of aryl methyl sites for hydroxylation is 2. The minimum Gasteiger partial charge on any atom is -0.352 e. The number of pyridine rings is 1. The molecule has 1 fully saturated rings. The number of nitrogens with one attached hydrogen (secondary N) is 1. The Balaban J connectivity index is 1.37. The van der Waals surface area contributed by atoms with Crippen molar-refractivity contribution in [1.82, 2.24) is 29.9 Å². The largest absolute Gasteiger partial charge is 0.352 e. The average molecular weight is 392 g/mol. The Bertz CT molecular complexity index is 991. The van der Waals surface area contributed by atoms with E-state index in [0.717, 1.165) is 23.0 Å². The highest BCUT2D eigenvalue weighted by Crippen LogP contribution is 2.19. The fourth-order valence-corrected chi connectivity index (χ4v) is 3.51. The summed E-state index contributed by atoms with van der Waals surface area (Å²) in [4.78, 5) is 21.2. The van der Waals surface area contributed by atoms with E-state index in [1.807, 2.05) is 56.1 Å². The van der Waals surface area contributed by atoms with Crippen molar-refractivity contribution in [1.29, 1.82) is 0 Å². The van der Waals surface area contributed by atoms with E-state index in [-0.39, 0.29) is 5.91 Å². The number of anilines is 3. The van der Waals surface area contributed by atoms with E-state index in [9.17, 15) is 4.79 Å². The van der Waals surface area contributed by atoms with Gasteiger partial charge >= 0.3 is 0 Å². The first kappa shape index (κ1) is 18.9. The first-order valence-corrected chi connectivity index (χ1v) is 9.59. The summed E-state index contributed by atoms with van der Waals surface area (Å²) in [6.07, 6.45) is 1.72. The molecule has 0 aromatic carbocycles. The van der Waals surface area contributed by atoms with Gasteiger partial charge in [-0.15, -0.1) is 10.2 Å². The van der Waals surface area contributed by atoms with Gasteiger partial charge in [0.1, 0.15) is 5.82 Å². The van der Waals surface area contributed by atoms with Gasteiger partial charge in [-0.05, 0) is 38.1 Å². The number of rotatable bonds is 4. The second-order valence-corrected chi connectivity index (χ2v) is 7.07. The van der Waals surface area contributed by atoms with E-state index in [2.05, 4.69) is 30.5 Å². The predicted octanol–water partition coefficient (Wildman–Crippen LogP) is 1.93. The third-order valence-electron chi connectivity index (χ3n) is 5.19. The smallest absolute Gasteiger partial charge is 0.257 e. The van der Waals surface area contributed by atoms with E-state index in [1.54, 1.807) is 10.9 Å². The van der Waals surface area contributed by atoms with Crippen molar-refractivity contribution in [2.75, 3.05) is 36.4 Å². The van der Waals surface area contributed by atoms with Gasteiger partial charge in [-0.25, -0.2) is 4.98 Å². The van der Waals surface area contributed by atoms with Crippen LogP contribution in [0.25, 0.3) is 0 Å². The topological polar surface area (TPSA) is 92.1 Å². The second kappa shape index (κ2) is 7.86. The molecule has 0 atom stereocenters. The van der Waals surface area contributed by atoms with Gasteiger partial charge in [0.2, 0.25) is 0 Å². The van der Waals surface area contributed by atoms with E-state index in [0.29, 0.717) is 37.6 Å². The summed E-state index contributed by atoms with van der Waals surface area (Å²) in [5.74, 6) is 2.22. The molecular weight excluding hydrogens is 368 g/mol. The number of hydrogen-bond acceptors (Lipinski definition) is 7. The van der Waals surface area contributed by atoms with Gasteiger partial charge in [0.15, 0.2) is 11.6 Å². The fourth-order valence-electron chi connectivity index (χ4n) is 3.51. The molecule has 1 aliphatic rings. The van der Waals surface area contributed by atoms with E-state index in [1.165, 1.54) is 0 Å². The Morgan fingerprint density at radius 3 is 2.38 bits per heavy atom.